The summed E-state index contributed by atoms with van der Waals surface area (Å²) in [6, 6.07) is 10.8. The number of hydrogen-bond donors (Lipinski definition) is 1. The van der Waals surface area contributed by atoms with Gasteiger partial charge in [0.2, 0.25) is 0 Å². The van der Waals surface area contributed by atoms with E-state index < -0.39 is 0 Å². The molecule has 1 atom stereocenters. The van der Waals surface area contributed by atoms with Gasteiger partial charge in [-0.25, -0.2) is 4.98 Å². The molecule has 2 nitrogen and oxygen atoms in total. The van der Waals surface area contributed by atoms with Gasteiger partial charge < -0.3 is 5.32 Å². The van der Waals surface area contributed by atoms with Crippen molar-refractivity contribution < 1.29 is 0 Å². The average Bonchev–Trinajstić information content (AvgIpc) is 2.72. The first-order chi connectivity index (χ1) is 11.2. The number of hydrogen-bond acceptors (Lipinski definition) is 2. The highest BCUT2D eigenvalue weighted by atomic mass is 79.9. The third kappa shape index (κ3) is 3.07. The molecule has 2 aromatic rings. The molecule has 1 N–H and O–H groups in total. The summed E-state index contributed by atoms with van der Waals surface area (Å²) in [5, 5.41) is 4.33. The number of benzene rings is 1. The molecule has 0 amide bonds. The highest BCUT2D eigenvalue weighted by molar-refractivity contribution is 9.10. The first-order valence-electron chi connectivity index (χ1n) is 8.37. The zero-order chi connectivity index (χ0) is 15.8. The summed E-state index contributed by atoms with van der Waals surface area (Å²) in [6.45, 7) is 2.21. The lowest BCUT2D eigenvalue weighted by atomic mass is 9.77. The van der Waals surface area contributed by atoms with Crippen LogP contribution in [0.2, 0.25) is 5.02 Å². The first-order valence-corrected chi connectivity index (χ1v) is 9.54. The summed E-state index contributed by atoms with van der Waals surface area (Å²) in [5.74, 6) is 1.04. The molecule has 2 heterocycles. The predicted octanol–water partition coefficient (Wildman–Crippen LogP) is 4.73. The van der Waals surface area contributed by atoms with E-state index in [-0.39, 0.29) is 0 Å². The third-order valence-electron chi connectivity index (χ3n) is 5.23. The maximum atomic E-state index is 6.27. The van der Waals surface area contributed by atoms with Crippen molar-refractivity contribution in [3.05, 3.63) is 62.3 Å². The fourth-order valence-corrected chi connectivity index (χ4v) is 4.64. The zero-order valence-electron chi connectivity index (χ0n) is 13.0. The molecule has 120 valence electrons. The van der Waals surface area contributed by atoms with Crippen LogP contribution in [0.1, 0.15) is 41.1 Å². The number of nitrogens with one attached hydrogen (secondary N) is 1. The lowest BCUT2D eigenvalue weighted by molar-refractivity contribution is 0.338. The quantitative estimate of drug-likeness (QED) is 0.711. The molecule has 0 bridgehead atoms. The van der Waals surface area contributed by atoms with Crippen LogP contribution in [-0.4, -0.2) is 18.1 Å². The highest BCUT2D eigenvalue weighted by Crippen LogP contribution is 2.42. The number of halogens is 2. The number of piperidine rings is 1. The van der Waals surface area contributed by atoms with Crippen molar-refractivity contribution in [2.24, 2.45) is 5.92 Å². The Labute approximate surface area is 150 Å². The van der Waals surface area contributed by atoms with E-state index in [9.17, 15) is 0 Å². The van der Waals surface area contributed by atoms with Crippen molar-refractivity contribution >= 4 is 27.5 Å². The minimum Gasteiger partial charge on any atom is -0.317 e. The fraction of sp³-hybridized carbons (Fsp3) is 0.421. The van der Waals surface area contributed by atoms with Gasteiger partial charge in [-0.15, -0.1) is 0 Å². The van der Waals surface area contributed by atoms with E-state index in [2.05, 4.69) is 45.5 Å². The van der Waals surface area contributed by atoms with Crippen molar-refractivity contribution in [3.63, 3.8) is 0 Å². The molecule has 1 fully saturated rings. The second kappa shape index (κ2) is 6.54. The van der Waals surface area contributed by atoms with E-state index in [4.69, 9.17) is 16.6 Å². The predicted molar refractivity (Wildman–Crippen MR) is 98.2 cm³/mol. The molecule has 23 heavy (non-hydrogen) atoms. The molecule has 0 spiro atoms. The fourth-order valence-electron chi connectivity index (χ4n) is 4.13. The van der Waals surface area contributed by atoms with Crippen LogP contribution in [-0.2, 0) is 12.8 Å². The number of aryl methyl sites for hydroxylation is 2. The lowest BCUT2D eigenvalue weighted by Crippen LogP contribution is -2.32. The Hall–Kier alpha value is -0.900. The number of rotatable bonds is 1. The van der Waals surface area contributed by atoms with Crippen molar-refractivity contribution in [2.75, 3.05) is 13.1 Å². The summed E-state index contributed by atoms with van der Waals surface area (Å²) in [6.07, 6.45) is 4.51. The van der Waals surface area contributed by atoms with Gasteiger partial charge in [-0.3, -0.25) is 0 Å². The van der Waals surface area contributed by atoms with Gasteiger partial charge >= 0.3 is 0 Å². The topological polar surface area (TPSA) is 24.9 Å². The van der Waals surface area contributed by atoms with Gasteiger partial charge in [0.15, 0.2) is 0 Å². The SMILES string of the molecule is Clc1ccc2c(c1)CCc1ccc(Br)nc1C2C1CCNCC1. The maximum absolute atomic E-state index is 6.27. The summed E-state index contributed by atoms with van der Waals surface area (Å²) in [7, 11) is 0. The first kappa shape index (κ1) is 15.6. The molecule has 0 saturated carbocycles. The smallest absolute Gasteiger partial charge is 0.106 e. The number of nitrogens with zero attached hydrogens (tertiary/aromatic N) is 1. The third-order valence-corrected chi connectivity index (χ3v) is 5.91. The number of pyridine rings is 1. The van der Waals surface area contributed by atoms with Crippen molar-refractivity contribution in [1.82, 2.24) is 10.3 Å². The monoisotopic (exact) mass is 390 g/mol. The molecule has 1 saturated heterocycles. The molecule has 1 aromatic carbocycles. The van der Waals surface area contributed by atoms with Crippen LogP contribution in [0.3, 0.4) is 0 Å². The lowest BCUT2D eigenvalue weighted by Gasteiger charge is -2.32. The minimum atomic E-state index is 0.388. The van der Waals surface area contributed by atoms with Gasteiger partial charge in [0, 0.05) is 10.9 Å². The van der Waals surface area contributed by atoms with Crippen LogP contribution in [0.15, 0.2) is 34.9 Å². The molecular formula is C19H20BrClN2. The van der Waals surface area contributed by atoms with Gasteiger partial charge in [-0.1, -0.05) is 23.7 Å². The Balaban J connectivity index is 1.87. The van der Waals surface area contributed by atoms with Crippen LogP contribution in [0.5, 0.6) is 0 Å². The molecule has 4 heteroatoms. The molecular weight excluding hydrogens is 372 g/mol. The van der Waals surface area contributed by atoms with Crippen LogP contribution in [0, 0.1) is 5.92 Å². The normalized spacial score (nSPS) is 21.4. The highest BCUT2D eigenvalue weighted by Gasteiger charge is 2.32. The van der Waals surface area contributed by atoms with Gasteiger partial charge in [0.1, 0.15) is 4.60 Å². The second-order valence-electron chi connectivity index (χ2n) is 6.59. The van der Waals surface area contributed by atoms with Crippen molar-refractivity contribution in [3.8, 4) is 0 Å². The van der Waals surface area contributed by atoms with Gasteiger partial charge in [-0.05, 0) is 95.5 Å². The standard InChI is InChI=1S/C19H20BrClN2/c20-17-6-3-13-1-2-14-11-15(21)4-5-16(14)18(19(13)23-17)12-7-9-22-10-8-12/h3-6,11-12,18,22H,1-2,7-10H2. The van der Waals surface area contributed by atoms with Gasteiger partial charge in [-0.2, -0.15) is 0 Å². The molecule has 1 aliphatic heterocycles. The largest absolute Gasteiger partial charge is 0.317 e. The Bertz CT molecular complexity index is 725. The van der Waals surface area contributed by atoms with Crippen LogP contribution < -0.4 is 5.32 Å². The summed E-state index contributed by atoms with van der Waals surface area (Å²) < 4.78 is 0.938. The number of aromatic nitrogens is 1. The van der Waals surface area contributed by atoms with Crippen LogP contribution in [0.25, 0.3) is 0 Å². The van der Waals surface area contributed by atoms with Gasteiger partial charge in [0.05, 0.1) is 5.69 Å². The zero-order valence-corrected chi connectivity index (χ0v) is 15.3. The summed E-state index contributed by atoms with van der Waals surface area (Å²) in [4.78, 5) is 4.91. The molecule has 0 radical (unpaired) electrons. The molecule has 2 aliphatic rings. The molecule has 4 rings (SSSR count). The van der Waals surface area contributed by atoms with Crippen LogP contribution in [0.4, 0.5) is 0 Å². The van der Waals surface area contributed by atoms with E-state index in [1.807, 2.05) is 6.07 Å². The Kier molecular flexibility index (Phi) is 4.44. The van der Waals surface area contributed by atoms with E-state index in [1.54, 1.807) is 0 Å². The molecule has 1 aliphatic carbocycles. The maximum Gasteiger partial charge on any atom is 0.106 e. The average molecular weight is 392 g/mol. The van der Waals surface area contributed by atoms with E-state index in [0.29, 0.717) is 11.8 Å². The molecule has 1 unspecified atom stereocenters. The Morgan fingerprint density at radius 3 is 2.65 bits per heavy atom. The van der Waals surface area contributed by atoms with Gasteiger partial charge in [0.25, 0.3) is 0 Å². The Morgan fingerprint density at radius 2 is 1.83 bits per heavy atom. The van der Waals surface area contributed by atoms with Crippen molar-refractivity contribution in [2.45, 2.75) is 31.6 Å². The van der Waals surface area contributed by atoms with E-state index >= 15 is 0 Å². The minimum absolute atomic E-state index is 0.388. The van der Waals surface area contributed by atoms with E-state index in [1.165, 1.54) is 35.2 Å². The Morgan fingerprint density at radius 1 is 1.04 bits per heavy atom. The number of fused-ring (bicyclic) bond motifs is 2. The van der Waals surface area contributed by atoms with Crippen molar-refractivity contribution in [1.29, 1.82) is 0 Å². The summed E-state index contributed by atoms with van der Waals surface area (Å²) >= 11 is 9.84. The summed E-state index contributed by atoms with van der Waals surface area (Å²) in [5.41, 5.74) is 5.50. The van der Waals surface area contributed by atoms with Crippen LogP contribution >= 0.6 is 27.5 Å². The molecule has 1 aromatic heterocycles. The van der Waals surface area contributed by atoms with E-state index in [0.717, 1.165) is 35.6 Å². The second-order valence-corrected chi connectivity index (χ2v) is 7.84.